The van der Waals surface area contributed by atoms with E-state index < -0.39 is 6.10 Å². The zero-order valence-electron chi connectivity index (χ0n) is 14.8. The van der Waals surface area contributed by atoms with Crippen LogP contribution in [0.15, 0.2) is 34.9 Å². The van der Waals surface area contributed by atoms with Gasteiger partial charge in [0.15, 0.2) is 0 Å². The summed E-state index contributed by atoms with van der Waals surface area (Å²) >= 11 is 0. The van der Waals surface area contributed by atoms with Crippen LogP contribution in [0.2, 0.25) is 0 Å². The SMILES string of the molecule is C/C1=C\[C@@H](O)CC2=C[C@@H](OC2=O)[C@H](C(C)C)CC/C(C)=C/CC1. The number of aliphatic hydroxyl groups excluding tert-OH is 1. The highest BCUT2D eigenvalue weighted by Gasteiger charge is 2.33. The van der Waals surface area contributed by atoms with Crippen molar-refractivity contribution in [1.29, 1.82) is 0 Å². The number of carbonyl (C=O) groups excluding carboxylic acids is 1. The van der Waals surface area contributed by atoms with Crippen molar-refractivity contribution >= 4 is 5.97 Å². The largest absolute Gasteiger partial charge is 0.454 e. The minimum absolute atomic E-state index is 0.148. The molecule has 2 aliphatic rings. The molecule has 0 aromatic heterocycles. The number of aliphatic hydroxyl groups is 1. The van der Waals surface area contributed by atoms with Gasteiger partial charge in [-0.1, -0.05) is 37.1 Å². The van der Waals surface area contributed by atoms with Gasteiger partial charge in [-0.2, -0.15) is 0 Å². The number of esters is 1. The van der Waals surface area contributed by atoms with Crippen molar-refractivity contribution in [3.05, 3.63) is 34.9 Å². The third kappa shape index (κ3) is 5.07. The smallest absolute Gasteiger partial charge is 0.334 e. The molecule has 1 heterocycles. The molecule has 0 unspecified atom stereocenters. The van der Waals surface area contributed by atoms with Gasteiger partial charge in [0.05, 0.1) is 6.10 Å². The molecule has 128 valence electrons. The molecule has 2 bridgehead atoms. The van der Waals surface area contributed by atoms with Gasteiger partial charge in [-0.3, -0.25) is 0 Å². The zero-order valence-corrected chi connectivity index (χ0v) is 14.8. The standard InChI is InChI=1S/C20H30O3/c1-13(2)18-9-8-14(3)6-5-7-15(4)10-17(21)11-16-12-19(18)23-20(16)22/h6,10,12-13,17-19,21H,5,7-9,11H2,1-4H3/b14-6+,15-10+/t17-,18+,19-/m1/s1. The average molecular weight is 318 g/mol. The Morgan fingerprint density at radius 3 is 2.61 bits per heavy atom. The lowest BCUT2D eigenvalue weighted by atomic mass is 9.84. The first kappa shape index (κ1) is 18.0. The van der Waals surface area contributed by atoms with E-state index in [4.69, 9.17) is 4.74 Å². The van der Waals surface area contributed by atoms with Gasteiger partial charge in [-0.15, -0.1) is 0 Å². The second-order valence-corrected chi connectivity index (χ2v) is 7.38. The molecule has 2 rings (SSSR count). The van der Waals surface area contributed by atoms with E-state index >= 15 is 0 Å². The Kier molecular flexibility index (Phi) is 6.23. The fraction of sp³-hybridized carbons (Fsp3) is 0.650. The number of ether oxygens (including phenoxy) is 1. The van der Waals surface area contributed by atoms with Crippen molar-refractivity contribution in [3.63, 3.8) is 0 Å². The number of rotatable bonds is 1. The maximum Gasteiger partial charge on any atom is 0.334 e. The van der Waals surface area contributed by atoms with Crippen LogP contribution in [0.1, 0.15) is 59.8 Å². The Labute approximate surface area is 140 Å². The molecule has 1 aliphatic heterocycles. The Bertz CT molecular complexity index is 525. The topological polar surface area (TPSA) is 46.5 Å². The van der Waals surface area contributed by atoms with Gasteiger partial charge in [-0.25, -0.2) is 4.79 Å². The molecule has 3 atom stereocenters. The Balaban J connectivity index is 2.25. The molecule has 0 saturated carbocycles. The van der Waals surface area contributed by atoms with Crippen LogP contribution < -0.4 is 0 Å². The van der Waals surface area contributed by atoms with Crippen LogP contribution in [0.4, 0.5) is 0 Å². The molecular weight excluding hydrogens is 288 g/mol. The quantitative estimate of drug-likeness (QED) is 0.578. The van der Waals surface area contributed by atoms with E-state index in [9.17, 15) is 9.90 Å². The van der Waals surface area contributed by atoms with Crippen molar-refractivity contribution in [2.75, 3.05) is 0 Å². The van der Waals surface area contributed by atoms with Crippen LogP contribution in [-0.2, 0) is 9.53 Å². The highest BCUT2D eigenvalue weighted by atomic mass is 16.5. The normalized spacial score (nSPS) is 34.8. The molecule has 0 fully saturated rings. The molecule has 23 heavy (non-hydrogen) atoms. The molecule has 1 N–H and O–H groups in total. The maximum absolute atomic E-state index is 12.1. The summed E-state index contributed by atoms with van der Waals surface area (Å²) in [4.78, 5) is 12.1. The van der Waals surface area contributed by atoms with Crippen LogP contribution in [-0.4, -0.2) is 23.3 Å². The Hall–Kier alpha value is -1.35. The summed E-state index contributed by atoms with van der Waals surface area (Å²) in [5.74, 6) is 0.529. The van der Waals surface area contributed by atoms with Gasteiger partial charge in [-0.05, 0) is 51.5 Å². The van der Waals surface area contributed by atoms with Crippen molar-refractivity contribution in [1.82, 2.24) is 0 Å². The average Bonchev–Trinajstić information content (AvgIpc) is 2.78. The highest BCUT2D eigenvalue weighted by Crippen LogP contribution is 2.32. The third-order valence-electron chi connectivity index (χ3n) is 4.96. The van der Waals surface area contributed by atoms with E-state index in [0.717, 1.165) is 25.7 Å². The molecule has 0 amide bonds. The molecule has 0 saturated heterocycles. The Morgan fingerprint density at radius 2 is 1.91 bits per heavy atom. The number of hydrogen-bond acceptors (Lipinski definition) is 3. The predicted octanol–water partition coefficient (Wildman–Crippen LogP) is 4.33. The van der Waals surface area contributed by atoms with Gasteiger partial charge < -0.3 is 9.84 Å². The van der Waals surface area contributed by atoms with Gasteiger partial charge in [0.2, 0.25) is 0 Å². The molecule has 3 heteroatoms. The van der Waals surface area contributed by atoms with Gasteiger partial charge in [0, 0.05) is 17.9 Å². The fourth-order valence-electron chi connectivity index (χ4n) is 3.48. The van der Waals surface area contributed by atoms with E-state index in [1.807, 2.05) is 19.1 Å². The lowest BCUT2D eigenvalue weighted by Crippen LogP contribution is -2.25. The molecule has 3 nitrogen and oxygen atoms in total. The fourth-order valence-corrected chi connectivity index (χ4v) is 3.48. The summed E-state index contributed by atoms with van der Waals surface area (Å²) < 4.78 is 5.60. The van der Waals surface area contributed by atoms with Crippen LogP contribution in [0.25, 0.3) is 0 Å². The molecular formula is C20H30O3. The zero-order chi connectivity index (χ0) is 17.0. The maximum atomic E-state index is 12.1. The first-order valence-electron chi connectivity index (χ1n) is 8.79. The summed E-state index contributed by atoms with van der Waals surface area (Å²) in [7, 11) is 0. The second kappa shape index (κ2) is 7.96. The van der Waals surface area contributed by atoms with Crippen molar-refractivity contribution in [2.24, 2.45) is 11.8 Å². The van der Waals surface area contributed by atoms with Crippen molar-refractivity contribution < 1.29 is 14.6 Å². The van der Waals surface area contributed by atoms with E-state index in [-0.39, 0.29) is 12.1 Å². The summed E-state index contributed by atoms with van der Waals surface area (Å²) in [5, 5.41) is 10.2. The van der Waals surface area contributed by atoms with Crippen LogP contribution in [0, 0.1) is 11.8 Å². The molecule has 0 radical (unpaired) electrons. The third-order valence-corrected chi connectivity index (χ3v) is 4.96. The Morgan fingerprint density at radius 1 is 1.17 bits per heavy atom. The lowest BCUT2D eigenvalue weighted by molar-refractivity contribution is -0.142. The summed E-state index contributed by atoms with van der Waals surface area (Å²) in [6.45, 7) is 8.59. The van der Waals surface area contributed by atoms with Crippen LogP contribution >= 0.6 is 0 Å². The molecule has 0 aromatic rings. The minimum Gasteiger partial charge on any atom is -0.454 e. The van der Waals surface area contributed by atoms with Gasteiger partial charge >= 0.3 is 5.97 Å². The van der Waals surface area contributed by atoms with E-state index in [1.165, 1.54) is 11.1 Å². The van der Waals surface area contributed by atoms with Gasteiger partial charge in [0.25, 0.3) is 0 Å². The van der Waals surface area contributed by atoms with Crippen LogP contribution in [0.5, 0.6) is 0 Å². The monoisotopic (exact) mass is 318 g/mol. The van der Waals surface area contributed by atoms with Gasteiger partial charge in [0.1, 0.15) is 6.10 Å². The van der Waals surface area contributed by atoms with Crippen LogP contribution in [0.3, 0.4) is 0 Å². The number of allylic oxidation sites excluding steroid dienone is 3. The molecule has 0 spiro atoms. The lowest BCUT2D eigenvalue weighted by Gasteiger charge is -2.25. The van der Waals surface area contributed by atoms with Crippen molar-refractivity contribution in [3.8, 4) is 0 Å². The molecule has 1 aliphatic carbocycles. The number of carbonyl (C=O) groups is 1. The second-order valence-electron chi connectivity index (χ2n) is 7.38. The number of fused-ring (bicyclic) bond motifs is 1. The summed E-state index contributed by atoms with van der Waals surface area (Å²) in [6, 6.07) is 0. The summed E-state index contributed by atoms with van der Waals surface area (Å²) in [5.41, 5.74) is 3.19. The highest BCUT2D eigenvalue weighted by molar-refractivity contribution is 5.91. The summed E-state index contributed by atoms with van der Waals surface area (Å²) in [6.07, 6.45) is 9.75. The number of hydrogen-bond donors (Lipinski definition) is 1. The van der Waals surface area contributed by atoms with E-state index in [0.29, 0.717) is 23.8 Å². The first-order chi connectivity index (χ1) is 10.9. The van der Waals surface area contributed by atoms with Crippen molar-refractivity contribution in [2.45, 2.75) is 72.0 Å². The van der Waals surface area contributed by atoms with E-state index in [1.54, 1.807) is 0 Å². The predicted molar refractivity (Wildman–Crippen MR) is 92.9 cm³/mol. The first-order valence-corrected chi connectivity index (χ1v) is 8.79. The van der Waals surface area contributed by atoms with E-state index in [2.05, 4.69) is 26.8 Å². The minimum atomic E-state index is -0.613. The molecule has 0 aromatic carbocycles.